The van der Waals surface area contributed by atoms with Gasteiger partial charge in [-0.2, -0.15) is 5.10 Å². The Kier molecular flexibility index (Phi) is 6.00. The second kappa shape index (κ2) is 7.98. The first-order valence-corrected chi connectivity index (χ1v) is 8.31. The van der Waals surface area contributed by atoms with Crippen LogP contribution in [0.1, 0.15) is 38.8 Å². The lowest BCUT2D eigenvalue weighted by molar-refractivity contribution is -0.122. The minimum absolute atomic E-state index is 0.00125. The molecular formula is C16H22N4OS. The van der Waals surface area contributed by atoms with Crippen LogP contribution in [0.2, 0.25) is 0 Å². The lowest BCUT2D eigenvalue weighted by Gasteiger charge is -2.15. The fourth-order valence-corrected chi connectivity index (χ4v) is 2.91. The Morgan fingerprint density at radius 2 is 2.00 bits per heavy atom. The van der Waals surface area contributed by atoms with Gasteiger partial charge in [-0.05, 0) is 24.6 Å². The van der Waals surface area contributed by atoms with Crippen LogP contribution in [0.3, 0.4) is 0 Å². The second-order valence-electron chi connectivity index (χ2n) is 5.43. The molecule has 5 nitrogen and oxygen atoms in total. The quantitative estimate of drug-likeness (QED) is 0.797. The highest BCUT2D eigenvalue weighted by molar-refractivity contribution is 7.99. The third-order valence-corrected chi connectivity index (χ3v) is 4.18. The summed E-state index contributed by atoms with van der Waals surface area (Å²) in [5.74, 6) is 0.0173. The van der Waals surface area contributed by atoms with E-state index in [4.69, 9.17) is 0 Å². The first-order valence-electron chi connectivity index (χ1n) is 7.43. The fourth-order valence-electron chi connectivity index (χ4n) is 2.07. The number of aryl methyl sites for hydroxylation is 1. The Hall–Kier alpha value is -1.82. The largest absolute Gasteiger partial charge is 0.350 e. The summed E-state index contributed by atoms with van der Waals surface area (Å²) in [5, 5.41) is 7.56. The van der Waals surface area contributed by atoms with Crippen LogP contribution in [-0.2, 0) is 11.3 Å². The van der Waals surface area contributed by atoms with Gasteiger partial charge in [0, 0.05) is 16.6 Å². The molecule has 0 saturated carbocycles. The molecule has 2 aromatic rings. The lowest BCUT2D eigenvalue weighted by atomic mass is 10.1. The van der Waals surface area contributed by atoms with Gasteiger partial charge >= 0.3 is 0 Å². The van der Waals surface area contributed by atoms with Crippen LogP contribution >= 0.6 is 11.8 Å². The van der Waals surface area contributed by atoms with E-state index in [0.717, 1.165) is 5.56 Å². The third kappa shape index (κ3) is 5.18. The van der Waals surface area contributed by atoms with Gasteiger partial charge in [0.2, 0.25) is 5.91 Å². The first-order chi connectivity index (χ1) is 10.5. The summed E-state index contributed by atoms with van der Waals surface area (Å²) >= 11 is 1.84. The van der Waals surface area contributed by atoms with Gasteiger partial charge in [-0.15, -0.1) is 11.8 Å². The average molecular weight is 318 g/mol. The molecule has 0 bridgehead atoms. The number of thioether (sulfide) groups is 1. The number of rotatable bonds is 7. The van der Waals surface area contributed by atoms with Crippen molar-refractivity contribution in [2.24, 2.45) is 0 Å². The van der Waals surface area contributed by atoms with Gasteiger partial charge in [0.05, 0.1) is 12.6 Å². The molecule has 0 saturated heterocycles. The molecule has 1 heterocycles. The topological polar surface area (TPSA) is 59.8 Å². The van der Waals surface area contributed by atoms with Crippen LogP contribution in [0.15, 0.2) is 41.8 Å². The smallest absolute Gasteiger partial charge is 0.222 e. The van der Waals surface area contributed by atoms with Crippen LogP contribution in [0, 0.1) is 0 Å². The number of hydrogen-bond donors (Lipinski definition) is 1. The summed E-state index contributed by atoms with van der Waals surface area (Å²) in [7, 11) is 0. The van der Waals surface area contributed by atoms with Crippen molar-refractivity contribution < 1.29 is 4.79 Å². The number of carbonyl (C=O) groups excluding carboxylic acids is 1. The summed E-state index contributed by atoms with van der Waals surface area (Å²) in [6.45, 7) is 6.90. The Bertz CT molecular complexity index is 581. The van der Waals surface area contributed by atoms with Crippen molar-refractivity contribution in [3.8, 4) is 0 Å². The molecule has 1 amide bonds. The van der Waals surface area contributed by atoms with Gasteiger partial charge < -0.3 is 5.32 Å². The molecule has 2 rings (SSSR count). The summed E-state index contributed by atoms with van der Waals surface area (Å²) in [6, 6.07) is 8.37. The van der Waals surface area contributed by atoms with Gasteiger partial charge in [0.1, 0.15) is 12.7 Å². The van der Waals surface area contributed by atoms with E-state index in [1.165, 1.54) is 11.2 Å². The maximum atomic E-state index is 12.0. The van der Waals surface area contributed by atoms with Gasteiger partial charge in [0.25, 0.3) is 0 Å². The minimum Gasteiger partial charge on any atom is -0.350 e. The van der Waals surface area contributed by atoms with Crippen LogP contribution in [0.4, 0.5) is 0 Å². The third-order valence-electron chi connectivity index (χ3n) is 3.16. The summed E-state index contributed by atoms with van der Waals surface area (Å²) < 4.78 is 1.65. The molecule has 0 unspecified atom stereocenters. The van der Waals surface area contributed by atoms with Crippen molar-refractivity contribution in [1.29, 1.82) is 0 Å². The highest BCUT2D eigenvalue weighted by Crippen LogP contribution is 2.24. The molecule has 1 aromatic heterocycles. The van der Waals surface area contributed by atoms with Crippen molar-refractivity contribution in [2.75, 3.05) is 0 Å². The van der Waals surface area contributed by atoms with E-state index in [1.54, 1.807) is 11.0 Å². The maximum Gasteiger partial charge on any atom is 0.222 e. The van der Waals surface area contributed by atoms with E-state index in [1.807, 2.05) is 18.7 Å². The van der Waals surface area contributed by atoms with E-state index < -0.39 is 0 Å². The summed E-state index contributed by atoms with van der Waals surface area (Å²) in [5.41, 5.74) is 1.11. The van der Waals surface area contributed by atoms with Crippen molar-refractivity contribution in [2.45, 2.75) is 49.9 Å². The Morgan fingerprint density at radius 3 is 2.59 bits per heavy atom. The van der Waals surface area contributed by atoms with Gasteiger partial charge in [-0.3, -0.25) is 9.48 Å². The molecule has 0 aliphatic rings. The highest BCUT2D eigenvalue weighted by Gasteiger charge is 2.10. The molecule has 0 aliphatic carbocycles. The fraction of sp³-hybridized carbons (Fsp3) is 0.438. The van der Waals surface area contributed by atoms with Crippen LogP contribution in [0.25, 0.3) is 0 Å². The number of amides is 1. The van der Waals surface area contributed by atoms with Gasteiger partial charge in [-0.25, -0.2) is 4.98 Å². The molecule has 118 valence electrons. The zero-order valence-corrected chi connectivity index (χ0v) is 14.0. The first kappa shape index (κ1) is 16.5. The minimum atomic E-state index is 0.00125. The number of benzene rings is 1. The maximum absolute atomic E-state index is 12.0. The number of nitrogens with zero attached hydrogens (tertiary/aromatic N) is 3. The summed E-state index contributed by atoms with van der Waals surface area (Å²) in [6.07, 6.45) is 3.48. The SMILES string of the molecule is CC(C)Sc1ccc([C@H](C)NC(=O)CCn2cncn2)cc1. The van der Waals surface area contributed by atoms with Crippen molar-refractivity contribution in [3.05, 3.63) is 42.5 Å². The zero-order valence-electron chi connectivity index (χ0n) is 13.2. The highest BCUT2D eigenvalue weighted by atomic mass is 32.2. The number of carbonyl (C=O) groups is 1. The van der Waals surface area contributed by atoms with Crippen molar-refractivity contribution >= 4 is 17.7 Å². The van der Waals surface area contributed by atoms with E-state index >= 15 is 0 Å². The second-order valence-corrected chi connectivity index (χ2v) is 7.08. The van der Waals surface area contributed by atoms with Crippen LogP contribution < -0.4 is 5.32 Å². The normalized spacial score (nSPS) is 12.4. The van der Waals surface area contributed by atoms with E-state index in [0.29, 0.717) is 18.2 Å². The molecule has 1 atom stereocenters. The van der Waals surface area contributed by atoms with E-state index in [2.05, 4.69) is 53.5 Å². The molecule has 6 heteroatoms. The molecule has 0 spiro atoms. The van der Waals surface area contributed by atoms with Crippen LogP contribution in [-0.4, -0.2) is 25.9 Å². The van der Waals surface area contributed by atoms with Crippen molar-refractivity contribution in [1.82, 2.24) is 20.1 Å². The number of hydrogen-bond acceptors (Lipinski definition) is 4. The number of nitrogens with one attached hydrogen (secondary N) is 1. The standard InChI is InChI=1S/C16H22N4OS/c1-12(2)22-15-6-4-14(5-7-15)13(3)19-16(21)8-9-20-11-17-10-18-20/h4-7,10-13H,8-9H2,1-3H3,(H,19,21)/t13-/m0/s1. The molecule has 1 aromatic carbocycles. The molecular weight excluding hydrogens is 296 g/mol. The predicted molar refractivity (Wildman–Crippen MR) is 88.6 cm³/mol. The number of aromatic nitrogens is 3. The zero-order chi connectivity index (χ0) is 15.9. The molecule has 0 fully saturated rings. The molecule has 0 radical (unpaired) electrons. The molecule has 0 aliphatic heterocycles. The monoisotopic (exact) mass is 318 g/mol. The Labute approximate surface area is 135 Å². The van der Waals surface area contributed by atoms with Crippen molar-refractivity contribution in [3.63, 3.8) is 0 Å². The summed E-state index contributed by atoms with van der Waals surface area (Å²) in [4.78, 5) is 17.1. The van der Waals surface area contributed by atoms with Crippen LogP contribution in [0.5, 0.6) is 0 Å². The lowest BCUT2D eigenvalue weighted by Crippen LogP contribution is -2.27. The van der Waals surface area contributed by atoms with E-state index in [9.17, 15) is 4.79 Å². The Morgan fingerprint density at radius 1 is 1.27 bits per heavy atom. The molecule has 22 heavy (non-hydrogen) atoms. The van der Waals surface area contributed by atoms with E-state index in [-0.39, 0.29) is 11.9 Å². The average Bonchev–Trinajstić information content (AvgIpc) is 2.98. The van der Waals surface area contributed by atoms with Gasteiger partial charge in [0.15, 0.2) is 0 Å². The van der Waals surface area contributed by atoms with Gasteiger partial charge in [-0.1, -0.05) is 26.0 Å². The molecule has 1 N–H and O–H groups in total. The predicted octanol–water partition coefficient (Wildman–Crippen LogP) is 3.05. The Balaban J connectivity index is 1.83.